The van der Waals surface area contributed by atoms with Crippen molar-refractivity contribution in [3.8, 4) is 0 Å². The van der Waals surface area contributed by atoms with Crippen LogP contribution in [0.5, 0.6) is 0 Å². The maximum atomic E-state index is 11.6. The zero-order valence-corrected chi connectivity index (χ0v) is 25.1. The van der Waals surface area contributed by atoms with E-state index < -0.39 is 13.9 Å². The van der Waals surface area contributed by atoms with Gasteiger partial charge in [0.1, 0.15) is 0 Å². The van der Waals surface area contributed by atoms with Gasteiger partial charge in [-0.3, -0.25) is 0 Å². The minimum Gasteiger partial charge on any atom is -0.420 e. The zero-order valence-electron chi connectivity index (χ0n) is 24.1. The lowest BCUT2D eigenvalue weighted by molar-refractivity contribution is -0.148. The first-order chi connectivity index (χ1) is 15.8. The van der Waals surface area contributed by atoms with E-state index in [1.54, 1.807) is 0 Å². The van der Waals surface area contributed by atoms with Gasteiger partial charge in [0.15, 0.2) is 8.32 Å². The maximum Gasteiger partial charge on any atom is 0.189 e. The molecule has 4 fully saturated rings. The van der Waals surface area contributed by atoms with E-state index in [1.165, 1.54) is 64.2 Å². The number of hydrogen-bond acceptors (Lipinski definition) is 2. The predicted octanol–water partition coefficient (Wildman–Crippen LogP) is 8.69. The van der Waals surface area contributed by atoms with Gasteiger partial charge in [-0.05, 0) is 129 Å². The molecule has 1 N–H and O–H groups in total. The summed E-state index contributed by atoms with van der Waals surface area (Å²) in [4.78, 5) is 0. The Morgan fingerprint density at radius 1 is 0.882 bits per heavy atom. The van der Waals surface area contributed by atoms with Crippen molar-refractivity contribution in [2.24, 2.45) is 52.3 Å². The Labute approximate surface area is 213 Å². The molecule has 4 aliphatic carbocycles. The molecular formula is C31H58O2Si. The van der Waals surface area contributed by atoms with E-state index in [1.807, 2.05) is 7.11 Å². The normalized spacial score (nSPS) is 45.5. The van der Waals surface area contributed by atoms with Gasteiger partial charge in [-0.25, -0.2) is 0 Å². The summed E-state index contributed by atoms with van der Waals surface area (Å²) < 4.78 is 5.86. The van der Waals surface area contributed by atoms with Gasteiger partial charge in [0.05, 0.1) is 5.60 Å². The zero-order chi connectivity index (χ0) is 24.9. The third-order valence-electron chi connectivity index (χ3n) is 12.3. The first-order valence-electron chi connectivity index (χ1n) is 15.1. The summed E-state index contributed by atoms with van der Waals surface area (Å²) >= 11 is 0. The Hall–Kier alpha value is 0.137. The van der Waals surface area contributed by atoms with E-state index in [-0.39, 0.29) is 0 Å². The first kappa shape index (κ1) is 27.2. The van der Waals surface area contributed by atoms with Crippen LogP contribution in [0.3, 0.4) is 0 Å². The lowest BCUT2D eigenvalue weighted by Crippen LogP contribution is -2.57. The van der Waals surface area contributed by atoms with Crippen molar-refractivity contribution in [1.29, 1.82) is 0 Å². The average Bonchev–Trinajstić information content (AvgIpc) is 3.11. The molecule has 0 bridgehead atoms. The SMILES string of the molecule is CO[Si](C)(C)CC1(O)CC[C@@]2(C)[C@@H](CC[C@@H]3[C@@H]2CC[C@]2(C)[C@@H]([C@H](C)CCCC(C)C)CC[C@@H]32)C1. The van der Waals surface area contributed by atoms with Crippen molar-refractivity contribution in [2.45, 2.75) is 136 Å². The molecule has 4 rings (SSSR count). The highest BCUT2D eigenvalue weighted by Crippen LogP contribution is 2.69. The lowest BCUT2D eigenvalue weighted by atomic mass is 9.43. The molecule has 2 nitrogen and oxygen atoms in total. The van der Waals surface area contributed by atoms with Crippen LogP contribution in [0.15, 0.2) is 0 Å². The van der Waals surface area contributed by atoms with Gasteiger partial charge in [-0.1, -0.05) is 53.9 Å². The smallest absolute Gasteiger partial charge is 0.189 e. The van der Waals surface area contributed by atoms with Gasteiger partial charge in [0, 0.05) is 7.11 Å². The molecule has 0 amide bonds. The minimum atomic E-state index is -1.76. The monoisotopic (exact) mass is 490 g/mol. The molecule has 0 aromatic rings. The summed E-state index contributed by atoms with van der Waals surface area (Å²) in [5, 5.41) is 11.6. The van der Waals surface area contributed by atoms with Crippen molar-refractivity contribution in [3.05, 3.63) is 0 Å². The molecule has 0 aromatic heterocycles. The van der Waals surface area contributed by atoms with Crippen LogP contribution in [0, 0.1) is 52.3 Å². The maximum absolute atomic E-state index is 11.6. The second-order valence-corrected chi connectivity index (χ2v) is 19.5. The van der Waals surface area contributed by atoms with Crippen molar-refractivity contribution < 1.29 is 9.53 Å². The molecule has 0 heterocycles. The average molecular weight is 491 g/mol. The van der Waals surface area contributed by atoms with Crippen LogP contribution in [0.1, 0.15) is 112 Å². The van der Waals surface area contributed by atoms with Crippen LogP contribution in [0.2, 0.25) is 19.1 Å². The molecular weight excluding hydrogens is 432 g/mol. The van der Waals surface area contributed by atoms with Crippen LogP contribution in [-0.4, -0.2) is 26.1 Å². The number of rotatable bonds is 8. The molecule has 0 spiro atoms. The first-order valence-corrected chi connectivity index (χ1v) is 18.2. The molecule has 0 aromatic carbocycles. The lowest BCUT2D eigenvalue weighted by Gasteiger charge is -2.62. The molecule has 9 atom stereocenters. The Balaban J connectivity index is 1.44. The second kappa shape index (κ2) is 9.79. The summed E-state index contributed by atoms with van der Waals surface area (Å²) in [6, 6.07) is 0.911. The van der Waals surface area contributed by atoms with Gasteiger partial charge in [0.2, 0.25) is 0 Å². The van der Waals surface area contributed by atoms with E-state index >= 15 is 0 Å². The number of hydrogen-bond donors (Lipinski definition) is 1. The van der Waals surface area contributed by atoms with Crippen LogP contribution < -0.4 is 0 Å². The fraction of sp³-hybridized carbons (Fsp3) is 1.00. The fourth-order valence-electron chi connectivity index (χ4n) is 10.4. The van der Waals surface area contributed by atoms with Crippen LogP contribution in [-0.2, 0) is 4.43 Å². The van der Waals surface area contributed by atoms with Crippen LogP contribution >= 0.6 is 0 Å². The third kappa shape index (κ3) is 4.98. The molecule has 4 saturated carbocycles. The summed E-state index contributed by atoms with van der Waals surface area (Å²) in [5.74, 6) is 6.22. The highest BCUT2D eigenvalue weighted by atomic mass is 28.4. The molecule has 198 valence electrons. The van der Waals surface area contributed by atoms with Crippen molar-refractivity contribution >= 4 is 8.32 Å². The molecule has 0 saturated heterocycles. The fourth-order valence-corrected chi connectivity index (χ4v) is 12.4. The molecule has 1 unspecified atom stereocenters. The number of aliphatic hydroxyl groups is 1. The van der Waals surface area contributed by atoms with Gasteiger partial charge in [0.25, 0.3) is 0 Å². The van der Waals surface area contributed by atoms with Crippen molar-refractivity contribution in [2.75, 3.05) is 7.11 Å². The van der Waals surface area contributed by atoms with Gasteiger partial charge < -0.3 is 9.53 Å². The van der Waals surface area contributed by atoms with E-state index in [9.17, 15) is 5.11 Å². The second-order valence-electron chi connectivity index (χ2n) is 15.3. The highest BCUT2D eigenvalue weighted by molar-refractivity contribution is 6.71. The summed E-state index contributed by atoms with van der Waals surface area (Å²) in [6.45, 7) is 17.3. The topological polar surface area (TPSA) is 29.5 Å². The van der Waals surface area contributed by atoms with Crippen molar-refractivity contribution in [3.63, 3.8) is 0 Å². The van der Waals surface area contributed by atoms with Gasteiger partial charge in [-0.15, -0.1) is 0 Å². The van der Waals surface area contributed by atoms with Crippen LogP contribution in [0.25, 0.3) is 0 Å². The molecule has 0 radical (unpaired) electrons. The Bertz CT molecular complexity index is 706. The molecule has 34 heavy (non-hydrogen) atoms. The predicted molar refractivity (Wildman–Crippen MR) is 147 cm³/mol. The highest BCUT2D eigenvalue weighted by Gasteiger charge is 2.61. The molecule has 4 aliphatic rings. The summed E-state index contributed by atoms with van der Waals surface area (Å²) in [5.41, 5.74) is 0.567. The Morgan fingerprint density at radius 3 is 2.26 bits per heavy atom. The van der Waals surface area contributed by atoms with E-state index in [2.05, 4.69) is 47.7 Å². The van der Waals surface area contributed by atoms with Crippen LogP contribution in [0.4, 0.5) is 0 Å². The van der Waals surface area contributed by atoms with E-state index in [4.69, 9.17) is 4.43 Å². The molecule has 0 aliphatic heterocycles. The Morgan fingerprint density at radius 2 is 1.59 bits per heavy atom. The van der Waals surface area contributed by atoms with E-state index in [0.717, 1.165) is 54.4 Å². The van der Waals surface area contributed by atoms with Gasteiger partial charge >= 0.3 is 0 Å². The quantitative estimate of drug-likeness (QED) is 0.345. The largest absolute Gasteiger partial charge is 0.420 e. The minimum absolute atomic E-state index is 0.455. The number of fused-ring (bicyclic) bond motifs is 5. The summed E-state index contributed by atoms with van der Waals surface area (Å²) in [6.07, 6.45) is 16.2. The molecule has 3 heteroatoms. The van der Waals surface area contributed by atoms with Gasteiger partial charge in [-0.2, -0.15) is 0 Å². The van der Waals surface area contributed by atoms with Crippen molar-refractivity contribution in [1.82, 2.24) is 0 Å². The Kier molecular flexibility index (Phi) is 7.82. The standard InChI is InChI=1S/C31H58O2Si/c1-22(2)10-9-11-23(3)26-14-15-27-25-13-12-24-20-31(32,21-34(7,8)33-6)19-18-29(24,4)28(25)16-17-30(26,27)5/h22-28,32H,9-21H2,1-8H3/t23-,24+,25+,26-,27+,28+,29+,30-,31?/m1/s1. The van der Waals surface area contributed by atoms with E-state index in [0.29, 0.717) is 16.7 Å². The summed E-state index contributed by atoms with van der Waals surface area (Å²) in [7, 11) is 0.0892. The third-order valence-corrected chi connectivity index (χ3v) is 14.9.